The first kappa shape index (κ1) is 20.9. The second kappa shape index (κ2) is 13.2. The summed E-state index contributed by atoms with van der Waals surface area (Å²) in [5, 5.41) is 0. The fraction of sp³-hybridized carbons (Fsp3) is 0.524. The molecule has 0 fully saturated rings. The number of hydrogen-bond donors (Lipinski definition) is 0. The summed E-state index contributed by atoms with van der Waals surface area (Å²) in [5.41, 5.74) is 0.549. The van der Waals surface area contributed by atoms with Crippen molar-refractivity contribution < 1.29 is 19.1 Å². The van der Waals surface area contributed by atoms with E-state index in [2.05, 4.69) is 13.5 Å². The maximum absolute atomic E-state index is 11.9. The number of ether oxygens (including phenoxy) is 2. The van der Waals surface area contributed by atoms with Gasteiger partial charge in [-0.25, -0.2) is 9.59 Å². The number of hydrogen-bond acceptors (Lipinski definition) is 4. The van der Waals surface area contributed by atoms with E-state index in [1.54, 1.807) is 24.3 Å². The second-order valence-electron chi connectivity index (χ2n) is 6.11. The number of benzene rings is 1. The normalized spacial score (nSPS) is 11.6. The predicted molar refractivity (Wildman–Crippen MR) is 99.4 cm³/mol. The molecule has 1 aromatic carbocycles. The molecular weight excluding hydrogens is 316 g/mol. The zero-order valence-electron chi connectivity index (χ0n) is 15.2. The van der Waals surface area contributed by atoms with Crippen molar-refractivity contribution in [3.05, 3.63) is 48.6 Å². The third-order valence-electron chi connectivity index (χ3n) is 3.99. The topological polar surface area (TPSA) is 52.6 Å². The summed E-state index contributed by atoms with van der Waals surface area (Å²) in [6.07, 6.45) is 9.12. The number of rotatable bonds is 13. The largest absolute Gasteiger partial charge is 0.462 e. The Morgan fingerprint density at radius 1 is 1.04 bits per heavy atom. The number of unbranched alkanes of at least 4 members (excludes halogenated alkanes) is 4. The third kappa shape index (κ3) is 9.70. The predicted octanol–water partition coefficient (Wildman–Crippen LogP) is 5.08. The summed E-state index contributed by atoms with van der Waals surface area (Å²) in [7, 11) is 0. The third-order valence-corrected chi connectivity index (χ3v) is 3.99. The van der Waals surface area contributed by atoms with Crippen LogP contribution in [0.2, 0.25) is 0 Å². The van der Waals surface area contributed by atoms with Gasteiger partial charge in [0.2, 0.25) is 0 Å². The summed E-state index contributed by atoms with van der Waals surface area (Å²) in [6.45, 7) is 5.95. The van der Waals surface area contributed by atoms with E-state index >= 15 is 0 Å². The molecular formula is C21H30O4. The summed E-state index contributed by atoms with van der Waals surface area (Å²) < 4.78 is 10.7. The monoisotopic (exact) mass is 346 g/mol. The molecule has 0 saturated heterocycles. The highest BCUT2D eigenvalue weighted by atomic mass is 16.5. The lowest BCUT2D eigenvalue weighted by Gasteiger charge is -2.17. The van der Waals surface area contributed by atoms with Crippen LogP contribution in [-0.2, 0) is 14.3 Å². The molecule has 0 radical (unpaired) electrons. The van der Waals surface area contributed by atoms with E-state index in [0.717, 1.165) is 19.3 Å². The van der Waals surface area contributed by atoms with Crippen LogP contribution in [0.25, 0.3) is 0 Å². The first-order valence-corrected chi connectivity index (χ1v) is 9.22. The Morgan fingerprint density at radius 3 is 2.40 bits per heavy atom. The van der Waals surface area contributed by atoms with Crippen molar-refractivity contribution in [3.63, 3.8) is 0 Å². The summed E-state index contributed by atoms with van der Waals surface area (Å²) in [6, 6.07) is 8.93. The van der Waals surface area contributed by atoms with Gasteiger partial charge in [-0.2, -0.15) is 0 Å². The van der Waals surface area contributed by atoms with Crippen LogP contribution in [0.1, 0.15) is 68.6 Å². The van der Waals surface area contributed by atoms with Crippen LogP contribution in [0.3, 0.4) is 0 Å². The quantitative estimate of drug-likeness (QED) is 0.284. The van der Waals surface area contributed by atoms with Gasteiger partial charge in [-0.3, -0.25) is 0 Å². The van der Waals surface area contributed by atoms with Crippen LogP contribution in [-0.4, -0.2) is 24.6 Å². The highest BCUT2D eigenvalue weighted by Gasteiger charge is 2.13. The average Bonchev–Trinajstić information content (AvgIpc) is 2.65. The molecule has 1 rings (SSSR count). The lowest BCUT2D eigenvalue weighted by molar-refractivity contribution is -0.143. The maximum atomic E-state index is 11.9. The van der Waals surface area contributed by atoms with E-state index in [-0.39, 0.29) is 18.0 Å². The Kier molecular flexibility index (Phi) is 11.1. The maximum Gasteiger partial charge on any atom is 0.338 e. The van der Waals surface area contributed by atoms with Gasteiger partial charge in [0.15, 0.2) is 0 Å². The van der Waals surface area contributed by atoms with Crippen molar-refractivity contribution in [3.8, 4) is 0 Å². The molecule has 0 aliphatic heterocycles. The molecule has 1 atom stereocenters. The van der Waals surface area contributed by atoms with Gasteiger partial charge in [-0.15, -0.1) is 0 Å². The zero-order chi connectivity index (χ0) is 18.3. The summed E-state index contributed by atoms with van der Waals surface area (Å²) >= 11 is 0. The molecule has 4 nitrogen and oxygen atoms in total. The molecule has 0 amide bonds. The summed E-state index contributed by atoms with van der Waals surface area (Å²) in [4.78, 5) is 23.3. The van der Waals surface area contributed by atoms with Gasteiger partial charge < -0.3 is 9.47 Å². The molecule has 0 heterocycles. The lowest BCUT2D eigenvalue weighted by Crippen LogP contribution is -2.18. The molecule has 138 valence electrons. The minimum atomic E-state index is -0.389. The van der Waals surface area contributed by atoms with E-state index < -0.39 is 0 Å². The Labute approximate surface area is 151 Å². The first-order chi connectivity index (χ1) is 12.2. The molecule has 0 N–H and O–H groups in total. The van der Waals surface area contributed by atoms with E-state index in [0.29, 0.717) is 25.0 Å². The Bertz CT molecular complexity index is 510. The van der Waals surface area contributed by atoms with Gasteiger partial charge in [-0.05, 0) is 37.8 Å². The van der Waals surface area contributed by atoms with Crippen molar-refractivity contribution in [1.29, 1.82) is 0 Å². The zero-order valence-corrected chi connectivity index (χ0v) is 15.2. The molecule has 0 saturated carbocycles. The van der Waals surface area contributed by atoms with Gasteiger partial charge >= 0.3 is 11.9 Å². The van der Waals surface area contributed by atoms with Crippen molar-refractivity contribution in [2.75, 3.05) is 6.61 Å². The van der Waals surface area contributed by atoms with Crippen molar-refractivity contribution in [2.45, 2.75) is 64.4 Å². The molecule has 0 aliphatic rings. The van der Waals surface area contributed by atoms with E-state index in [1.165, 1.54) is 25.3 Å². The summed E-state index contributed by atoms with van der Waals surface area (Å²) in [5.74, 6) is -0.709. The van der Waals surface area contributed by atoms with Crippen molar-refractivity contribution in [1.82, 2.24) is 0 Å². The van der Waals surface area contributed by atoms with Gasteiger partial charge in [0.05, 0.1) is 12.2 Å². The van der Waals surface area contributed by atoms with E-state index in [9.17, 15) is 9.59 Å². The fourth-order valence-electron chi connectivity index (χ4n) is 2.58. The second-order valence-corrected chi connectivity index (χ2v) is 6.11. The Hall–Kier alpha value is -2.10. The molecule has 0 aromatic heterocycles. The van der Waals surface area contributed by atoms with Gasteiger partial charge in [-0.1, -0.05) is 57.4 Å². The number of carbonyl (C=O) groups excluding carboxylic acids is 2. The van der Waals surface area contributed by atoms with E-state index in [4.69, 9.17) is 9.47 Å². The fourth-order valence-corrected chi connectivity index (χ4v) is 2.58. The van der Waals surface area contributed by atoms with Crippen LogP contribution >= 0.6 is 0 Å². The lowest BCUT2D eigenvalue weighted by atomic mass is 10.0. The Balaban J connectivity index is 2.29. The highest BCUT2D eigenvalue weighted by molar-refractivity contribution is 5.89. The van der Waals surface area contributed by atoms with Crippen LogP contribution in [0.15, 0.2) is 43.0 Å². The minimum Gasteiger partial charge on any atom is -0.462 e. The average molecular weight is 346 g/mol. The standard InChI is InChI=1S/C21H30O4/c1-3-5-6-7-11-15-19(25-20(22)4-2)16-12-17-24-21(23)18-13-9-8-10-14-18/h4,8-10,13-14,19H,2-3,5-7,11-12,15-17H2,1H3. The van der Waals surface area contributed by atoms with Gasteiger partial charge in [0.25, 0.3) is 0 Å². The number of esters is 2. The highest BCUT2D eigenvalue weighted by Crippen LogP contribution is 2.14. The molecule has 0 bridgehead atoms. The van der Waals surface area contributed by atoms with Gasteiger partial charge in [0.1, 0.15) is 6.10 Å². The van der Waals surface area contributed by atoms with Crippen LogP contribution in [0.4, 0.5) is 0 Å². The van der Waals surface area contributed by atoms with E-state index in [1.807, 2.05) is 6.07 Å². The van der Waals surface area contributed by atoms with Crippen LogP contribution in [0, 0.1) is 0 Å². The van der Waals surface area contributed by atoms with Crippen molar-refractivity contribution in [2.24, 2.45) is 0 Å². The van der Waals surface area contributed by atoms with Crippen molar-refractivity contribution >= 4 is 11.9 Å². The van der Waals surface area contributed by atoms with Gasteiger partial charge in [0, 0.05) is 6.08 Å². The molecule has 0 spiro atoms. The number of carbonyl (C=O) groups is 2. The Morgan fingerprint density at radius 2 is 1.72 bits per heavy atom. The van der Waals surface area contributed by atoms with Crippen LogP contribution < -0.4 is 0 Å². The SMILES string of the molecule is C=CC(=O)OC(CCCCCCC)CCCOC(=O)c1ccccc1. The molecule has 25 heavy (non-hydrogen) atoms. The molecule has 4 heteroatoms. The molecule has 1 unspecified atom stereocenters. The first-order valence-electron chi connectivity index (χ1n) is 9.22. The van der Waals surface area contributed by atoms with Crippen LogP contribution in [0.5, 0.6) is 0 Å². The smallest absolute Gasteiger partial charge is 0.338 e. The molecule has 1 aromatic rings. The molecule has 0 aliphatic carbocycles. The minimum absolute atomic E-state index is 0.137.